The largest absolute Gasteiger partial charge is 0.493 e. The molecule has 1 saturated heterocycles. The van der Waals surface area contributed by atoms with Crippen molar-refractivity contribution >= 4 is 56.5 Å². The van der Waals surface area contributed by atoms with Gasteiger partial charge >= 0.3 is 5.97 Å². The van der Waals surface area contributed by atoms with Crippen LogP contribution in [0.4, 0.5) is 5.69 Å². The Hall–Kier alpha value is -2.78. The number of thioether (sulfide) groups is 1. The summed E-state index contributed by atoms with van der Waals surface area (Å²) in [6, 6.07) is 10.5. The molecular formula is C24H25BrN2O5S. The minimum atomic E-state index is -0.408. The lowest BCUT2D eigenvalue weighted by Gasteiger charge is -2.13. The average Bonchev–Trinajstić information content (AvgIpc) is 3.06. The van der Waals surface area contributed by atoms with E-state index in [1.807, 2.05) is 19.1 Å². The lowest BCUT2D eigenvalue weighted by Crippen LogP contribution is -2.23. The number of likely N-dealkylation sites (N-methyl/N-ethyl adjacent to an activating group) is 1. The second-order valence-electron chi connectivity index (χ2n) is 7.02. The van der Waals surface area contributed by atoms with Crippen molar-refractivity contribution in [3.05, 3.63) is 56.9 Å². The Labute approximate surface area is 205 Å². The number of hydrogen-bond donors (Lipinski definition) is 0. The number of esters is 1. The molecule has 174 valence electrons. The van der Waals surface area contributed by atoms with E-state index in [-0.39, 0.29) is 5.91 Å². The number of hydrogen-bond acceptors (Lipinski definition) is 7. The Bertz CT molecular complexity index is 1120. The first-order chi connectivity index (χ1) is 15.9. The smallest absolute Gasteiger partial charge is 0.338 e. The quantitative estimate of drug-likeness (QED) is 0.322. The predicted octanol–water partition coefficient (Wildman–Crippen LogP) is 5.66. The molecule has 0 saturated carbocycles. The molecule has 0 N–H and O–H groups in total. The summed E-state index contributed by atoms with van der Waals surface area (Å²) >= 11 is 4.80. The predicted molar refractivity (Wildman–Crippen MR) is 134 cm³/mol. The van der Waals surface area contributed by atoms with E-state index < -0.39 is 5.97 Å². The van der Waals surface area contributed by atoms with Crippen molar-refractivity contribution in [3.63, 3.8) is 0 Å². The first-order valence-electron chi connectivity index (χ1n) is 10.4. The molecule has 0 unspecified atom stereocenters. The van der Waals surface area contributed by atoms with Gasteiger partial charge in [0.15, 0.2) is 16.7 Å². The third-order valence-electron chi connectivity index (χ3n) is 4.59. The van der Waals surface area contributed by atoms with Crippen LogP contribution < -0.4 is 9.47 Å². The second-order valence-corrected chi connectivity index (χ2v) is 8.89. The first-order valence-corrected chi connectivity index (χ1v) is 12.0. The van der Waals surface area contributed by atoms with Crippen LogP contribution in [0.2, 0.25) is 0 Å². The zero-order valence-corrected chi connectivity index (χ0v) is 21.3. The Kier molecular flexibility index (Phi) is 8.57. The van der Waals surface area contributed by atoms with Crippen LogP contribution in [0.5, 0.6) is 11.5 Å². The topological polar surface area (TPSA) is 77.4 Å². The van der Waals surface area contributed by atoms with Crippen molar-refractivity contribution in [2.24, 2.45) is 4.99 Å². The third-order valence-corrected chi connectivity index (χ3v) is 6.23. The molecule has 0 aliphatic carbocycles. The number of rotatable bonds is 8. The first kappa shape index (κ1) is 24.9. The minimum absolute atomic E-state index is 0.165. The highest BCUT2D eigenvalue weighted by Crippen LogP contribution is 2.39. The fraction of sp³-hybridized carbons (Fsp3) is 0.292. The second kappa shape index (κ2) is 11.4. The molecule has 1 aliphatic rings. The number of amides is 1. The highest BCUT2D eigenvalue weighted by atomic mass is 79.9. The van der Waals surface area contributed by atoms with E-state index in [0.717, 1.165) is 16.5 Å². The van der Waals surface area contributed by atoms with E-state index in [9.17, 15) is 9.59 Å². The van der Waals surface area contributed by atoms with Gasteiger partial charge in [0.05, 0.1) is 41.0 Å². The highest BCUT2D eigenvalue weighted by Gasteiger charge is 2.30. The zero-order chi connectivity index (χ0) is 24.0. The molecule has 1 aliphatic heterocycles. The zero-order valence-electron chi connectivity index (χ0n) is 18.9. The average molecular weight is 533 g/mol. The van der Waals surface area contributed by atoms with Gasteiger partial charge in [-0.25, -0.2) is 9.79 Å². The number of carbonyl (C=O) groups excluding carboxylic acids is 2. The summed E-state index contributed by atoms with van der Waals surface area (Å²) in [5.41, 5.74) is 1.76. The van der Waals surface area contributed by atoms with Crippen LogP contribution in [-0.2, 0) is 9.53 Å². The van der Waals surface area contributed by atoms with Crippen molar-refractivity contribution in [3.8, 4) is 11.5 Å². The van der Waals surface area contributed by atoms with Crippen LogP contribution in [0.3, 0.4) is 0 Å². The molecule has 0 radical (unpaired) electrons. The highest BCUT2D eigenvalue weighted by molar-refractivity contribution is 9.10. The fourth-order valence-electron chi connectivity index (χ4n) is 3.00. The number of amidine groups is 1. The molecule has 0 spiro atoms. The van der Waals surface area contributed by atoms with Gasteiger partial charge in [-0.1, -0.05) is 13.0 Å². The molecular weight excluding hydrogens is 508 g/mol. The molecule has 33 heavy (non-hydrogen) atoms. The summed E-state index contributed by atoms with van der Waals surface area (Å²) in [5, 5.41) is 0.515. The van der Waals surface area contributed by atoms with E-state index in [2.05, 4.69) is 20.9 Å². The molecule has 0 bridgehead atoms. The van der Waals surface area contributed by atoms with Gasteiger partial charge in [-0.05, 0) is 83.0 Å². The monoisotopic (exact) mass is 532 g/mol. The van der Waals surface area contributed by atoms with E-state index in [4.69, 9.17) is 14.2 Å². The molecule has 2 aromatic rings. The molecule has 1 fully saturated rings. The van der Waals surface area contributed by atoms with Gasteiger partial charge in [0.2, 0.25) is 0 Å². The van der Waals surface area contributed by atoms with E-state index >= 15 is 0 Å². The number of carbonyl (C=O) groups is 2. The lowest BCUT2D eigenvalue weighted by atomic mass is 10.2. The summed E-state index contributed by atoms with van der Waals surface area (Å²) in [6.45, 7) is 4.66. The molecule has 0 atom stereocenters. The SMILES string of the molecule is CCCOc1c(Br)cc(C=C2SC(=Nc3cccc(C(=O)OCC)c3)N(C)C2=O)cc1OC. The number of benzene rings is 2. The van der Waals surface area contributed by atoms with Crippen molar-refractivity contribution in [1.29, 1.82) is 0 Å². The van der Waals surface area contributed by atoms with E-state index in [0.29, 0.717) is 46.0 Å². The normalized spacial score (nSPS) is 15.9. The maximum absolute atomic E-state index is 12.8. The standard InChI is InChI=1S/C24H25BrN2O5S/c1-5-10-32-21-18(25)11-15(12-19(21)30-4)13-20-22(28)27(3)24(33-20)26-17-9-7-8-16(14-17)23(29)31-6-2/h7-9,11-14H,5-6,10H2,1-4H3. The van der Waals surface area contributed by atoms with Crippen LogP contribution in [0, 0.1) is 0 Å². The third kappa shape index (κ3) is 5.97. The minimum Gasteiger partial charge on any atom is -0.493 e. The van der Waals surface area contributed by atoms with Gasteiger partial charge in [-0.2, -0.15) is 0 Å². The maximum atomic E-state index is 12.8. The molecule has 3 rings (SSSR count). The lowest BCUT2D eigenvalue weighted by molar-refractivity contribution is -0.121. The molecule has 9 heteroatoms. The Morgan fingerprint density at radius 1 is 1.24 bits per heavy atom. The van der Waals surface area contributed by atoms with Crippen molar-refractivity contribution in [1.82, 2.24) is 4.90 Å². The Balaban J connectivity index is 1.88. The van der Waals surface area contributed by atoms with E-state index in [1.165, 1.54) is 16.7 Å². The van der Waals surface area contributed by atoms with Crippen LogP contribution in [-0.4, -0.2) is 49.3 Å². The Morgan fingerprint density at radius 3 is 2.73 bits per heavy atom. The molecule has 2 aromatic carbocycles. The summed E-state index contributed by atoms with van der Waals surface area (Å²) in [4.78, 5) is 31.4. The maximum Gasteiger partial charge on any atom is 0.338 e. The summed E-state index contributed by atoms with van der Waals surface area (Å²) < 4.78 is 17.0. The number of aliphatic imine (C=N–C) groups is 1. The van der Waals surface area contributed by atoms with Crippen LogP contribution in [0.15, 0.2) is 50.8 Å². The molecule has 7 nitrogen and oxygen atoms in total. The number of nitrogens with zero attached hydrogens (tertiary/aromatic N) is 2. The van der Waals surface area contributed by atoms with Crippen LogP contribution in [0.1, 0.15) is 36.2 Å². The Morgan fingerprint density at radius 2 is 2.03 bits per heavy atom. The molecule has 1 heterocycles. The van der Waals surface area contributed by atoms with Crippen LogP contribution >= 0.6 is 27.7 Å². The number of ether oxygens (including phenoxy) is 3. The summed E-state index contributed by atoms with van der Waals surface area (Å²) in [5.74, 6) is 0.641. The van der Waals surface area contributed by atoms with Gasteiger partial charge in [-0.3, -0.25) is 9.69 Å². The van der Waals surface area contributed by atoms with Gasteiger partial charge in [-0.15, -0.1) is 0 Å². The van der Waals surface area contributed by atoms with Crippen molar-refractivity contribution in [2.45, 2.75) is 20.3 Å². The number of halogens is 1. The van der Waals surface area contributed by atoms with Crippen molar-refractivity contribution < 1.29 is 23.8 Å². The summed E-state index contributed by atoms with van der Waals surface area (Å²) in [7, 11) is 3.25. The van der Waals surface area contributed by atoms with Crippen molar-refractivity contribution in [2.75, 3.05) is 27.4 Å². The molecule has 0 aromatic heterocycles. The van der Waals surface area contributed by atoms with Gasteiger partial charge < -0.3 is 14.2 Å². The van der Waals surface area contributed by atoms with Crippen LogP contribution in [0.25, 0.3) is 6.08 Å². The van der Waals surface area contributed by atoms with Gasteiger partial charge in [0.1, 0.15) is 0 Å². The van der Waals surface area contributed by atoms with Gasteiger partial charge in [0, 0.05) is 7.05 Å². The summed E-state index contributed by atoms with van der Waals surface area (Å²) in [6.07, 6.45) is 2.67. The van der Waals surface area contributed by atoms with E-state index in [1.54, 1.807) is 51.4 Å². The molecule has 1 amide bonds. The fourth-order valence-corrected chi connectivity index (χ4v) is 4.56. The number of methoxy groups -OCH3 is 1. The van der Waals surface area contributed by atoms with Gasteiger partial charge in [0.25, 0.3) is 5.91 Å².